The van der Waals surface area contributed by atoms with Crippen LogP contribution < -0.4 is 4.90 Å². The van der Waals surface area contributed by atoms with Gasteiger partial charge in [0.05, 0.1) is 10.9 Å². The second-order valence-electron chi connectivity index (χ2n) is 5.09. The number of hydrogen-bond donors (Lipinski definition) is 0. The first-order valence-corrected chi connectivity index (χ1v) is 8.12. The molecular weight excluding hydrogens is 304 g/mol. The van der Waals surface area contributed by atoms with Gasteiger partial charge in [0.1, 0.15) is 21.5 Å². The predicted octanol–water partition coefficient (Wildman–Crippen LogP) is 4.01. The van der Waals surface area contributed by atoms with Crippen LogP contribution in [0.1, 0.15) is 12.8 Å². The molecule has 1 fully saturated rings. The van der Waals surface area contributed by atoms with Crippen molar-refractivity contribution in [3.05, 3.63) is 35.7 Å². The molecule has 0 bridgehead atoms. The van der Waals surface area contributed by atoms with Gasteiger partial charge < -0.3 is 4.90 Å². The van der Waals surface area contributed by atoms with Crippen molar-refractivity contribution >= 4 is 39.0 Å². The van der Waals surface area contributed by atoms with Crippen molar-refractivity contribution in [2.75, 3.05) is 18.0 Å². The fourth-order valence-electron chi connectivity index (χ4n) is 2.58. The van der Waals surface area contributed by atoms with E-state index in [1.54, 1.807) is 17.5 Å². The van der Waals surface area contributed by atoms with Crippen LogP contribution in [-0.4, -0.2) is 28.0 Å². The van der Waals surface area contributed by atoms with Crippen molar-refractivity contribution in [3.63, 3.8) is 0 Å². The molecule has 6 heteroatoms. The molecule has 0 aliphatic carbocycles. The zero-order valence-corrected chi connectivity index (χ0v) is 12.9. The first-order valence-electron chi connectivity index (χ1n) is 6.93. The van der Waals surface area contributed by atoms with Crippen molar-refractivity contribution in [3.8, 4) is 10.6 Å². The minimum atomic E-state index is 0.500. The van der Waals surface area contributed by atoms with Crippen LogP contribution in [-0.2, 0) is 0 Å². The molecule has 1 saturated heterocycles. The number of pyridine rings is 2. The van der Waals surface area contributed by atoms with Crippen molar-refractivity contribution in [1.29, 1.82) is 0 Å². The lowest BCUT2D eigenvalue weighted by Gasteiger charge is -2.15. The number of rotatable bonds is 2. The van der Waals surface area contributed by atoms with Gasteiger partial charge in [-0.05, 0) is 31.0 Å². The molecule has 3 aromatic heterocycles. The Morgan fingerprint density at radius 1 is 1.10 bits per heavy atom. The number of hydrogen-bond acceptors (Lipinski definition) is 5. The number of nitrogens with zero attached hydrogens (tertiary/aromatic N) is 4. The highest BCUT2D eigenvalue weighted by molar-refractivity contribution is 7.21. The molecular formula is C15H13ClN4S. The quantitative estimate of drug-likeness (QED) is 0.670. The summed E-state index contributed by atoms with van der Waals surface area (Å²) in [5.41, 5.74) is 1.92. The summed E-state index contributed by atoms with van der Waals surface area (Å²) in [6.45, 7) is 2.22. The Labute approximate surface area is 131 Å². The third kappa shape index (κ3) is 2.47. The van der Waals surface area contributed by atoms with Crippen molar-refractivity contribution in [1.82, 2.24) is 15.0 Å². The van der Waals surface area contributed by atoms with Crippen molar-refractivity contribution in [2.24, 2.45) is 0 Å². The van der Waals surface area contributed by atoms with E-state index in [1.807, 2.05) is 12.3 Å². The molecule has 0 amide bonds. The summed E-state index contributed by atoms with van der Waals surface area (Å²) in [6, 6.07) is 6.02. The van der Waals surface area contributed by atoms with Gasteiger partial charge in [-0.1, -0.05) is 11.6 Å². The van der Waals surface area contributed by atoms with Crippen LogP contribution in [0, 0.1) is 0 Å². The largest absolute Gasteiger partial charge is 0.357 e. The molecule has 21 heavy (non-hydrogen) atoms. The molecule has 4 rings (SSSR count). The van der Waals surface area contributed by atoms with Crippen LogP contribution in [0.4, 0.5) is 5.82 Å². The number of fused-ring (bicyclic) bond motifs is 1. The summed E-state index contributed by atoms with van der Waals surface area (Å²) < 4.78 is 1.05. The summed E-state index contributed by atoms with van der Waals surface area (Å²) in [7, 11) is 0. The number of thiazole rings is 1. The average molecular weight is 317 g/mol. The minimum absolute atomic E-state index is 0.500. The van der Waals surface area contributed by atoms with Gasteiger partial charge in [-0.15, -0.1) is 11.3 Å². The third-order valence-electron chi connectivity index (χ3n) is 3.67. The summed E-state index contributed by atoms with van der Waals surface area (Å²) in [5, 5.41) is 1.45. The molecule has 4 heterocycles. The van der Waals surface area contributed by atoms with Gasteiger partial charge in [0.15, 0.2) is 0 Å². The van der Waals surface area contributed by atoms with Gasteiger partial charge in [-0.2, -0.15) is 0 Å². The number of aromatic nitrogens is 3. The standard InChI is InChI=1S/C15H13ClN4S/c16-13-7-12-11(9-17-13)19-15(21-12)10-3-4-14(18-8-10)20-5-1-2-6-20/h3-4,7-9H,1-2,5-6H2. The Morgan fingerprint density at radius 3 is 2.71 bits per heavy atom. The Balaban J connectivity index is 1.67. The highest BCUT2D eigenvalue weighted by Gasteiger charge is 2.14. The number of anilines is 1. The van der Waals surface area contributed by atoms with E-state index in [4.69, 9.17) is 11.6 Å². The van der Waals surface area contributed by atoms with Crippen LogP contribution in [0.15, 0.2) is 30.6 Å². The lowest BCUT2D eigenvalue weighted by atomic mass is 10.3. The summed E-state index contributed by atoms with van der Waals surface area (Å²) in [4.78, 5) is 15.6. The third-order valence-corrected chi connectivity index (χ3v) is 4.94. The van der Waals surface area contributed by atoms with Gasteiger partial charge in [0.25, 0.3) is 0 Å². The lowest BCUT2D eigenvalue weighted by Crippen LogP contribution is -2.18. The maximum absolute atomic E-state index is 5.92. The molecule has 0 atom stereocenters. The first kappa shape index (κ1) is 13.0. The molecule has 4 nitrogen and oxygen atoms in total. The van der Waals surface area contributed by atoms with Crippen molar-refractivity contribution < 1.29 is 0 Å². The van der Waals surface area contributed by atoms with E-state index in [2.05, 4.69) is 32.0 Å². The molecule has 106 valence electrons. The average Bonchev–Trinajstić information content (AvgIpc) is 3.16. The zero-order valence-electron chi connectivity index (χ0n) is 11.3. The molecule has 0 spiro atoms. The van der Waals surface area contributed by atoms with Crippen LogP contribution >= 0.6 is 22.9 Å². The van der Waals surface area contributed by atoms with E-state index in [9.17, 15) is 0 Å². The fraction of sp³-hybridized carbons (Fsp3) is 0.267. The van der Waals surface area contributed by atoms with E-state index >= 15 is 0 Å². The van der Waals surface area contributed by atoms with Crippen LogP contribution in [0.25, 0.3) is 20.8 Å². The van der Waals surface area contributed by atoms with E-state index in [1.165, 1.54) is 12.8 Å². The first-order chi connectivity index (χ1) is 10.3. The van der Waals surface area contributed by atoms with Crippen molar-refractivity contribution in [2.45, 2.75) is 12.8 Å². The van der Waals surface area contributed by atoms with Gasteiger partial charge in [-0.25, -0.2) is 15.0 Å². The van der Waals surface area contributed by atoms with Gasteiger partial charge in [0, 0.05) is 24.8 Å². The minimum Gasteiger partial charge on any atom is -0.357 e. The Bertz CT molecular complexity index is 778. The highest BCUT2D eigenvalue weighted by Crippen LogP contribution is 2.31. The Kier molecular flexibility index (Phi) is 3.24. The lowest BCUT2D eigenvalue weighted by molar-refractivity contribution is 0.938. The molecule has 0 unspecified atom stereocenters. The molecule has 3 aromatic rings. The molecule has 0 aromatic carbocycles. The smallest absolute Gasteiger partial charge is 0.130 e. The SMILES string of the molecule is Clc1cc2sc(-c3ccc(N4CCCC4)nc3)nc2cn1. The fourth-order valence-corrected chi connectivity index (χ4v) is 3.76. The maximum Gasteiger partial charge on any atom is 0.130 e. The van der Waals surface area contributed by atoms with E-state index < -0.39 is 0 Å². The van der Waals surface area contributed by atoms with Gasteiger partial charge >= 0.3 is 0 Å². The Morgan fingerprint density at radius 2 is 1.95 bits per heavy atom. The zero-order chi connectivity index (χ0) is 14.2. The normalized spacial score (nSPS) is 15.0. The molecule has 0 radical (unpaired) electrons. The number of halogens is 1. The molecule has 0 N–H and O–H groups in total. The topological polar surface area (TPSA) is 41.9 Å². The van der Waals surface area contributed by atoms with E-state index in [0.717, 1.165) is 39.7 Å². The van der Waals surface area contributed by atoms with Crippen LogP contribution in [0.2, 0.25) is 5.15 Å². The molecule has 1 aliphatic heterocycles. The predicted molar refractivity (Wildman–Crippen MR) is 87.1 cm³/mol. The Hall–Kier alpha value is -1.72. The van der Waals surface area contributed by atoms with Crippen LogP contribution in [0.3, 0.4) is 0 Å². The highest BCUT2D eigenvalue weighted by atomic mass is 35.5. The second kappa shape index (κ2) is 5.24. The molecule has 0 saturated carbocycles. The summed E-state index contributed by atoms with van der Waals surface area (Å²) >= 11 is 7.53. The maximum atomic E-state index is 5.92. The van der Waals surface area contributed by atoms with E-state index in [-0.39, 0.29) is 0 Å². The monoisotopic (exact) mass is 316 g/mol. The van der Waals surface area contributed by atoms with E-state index in [0.29, 0.717) is 5.15 Å². The molecule has 1 aliphatic rings. The van der Waals surface area contributed by atoms with Gasteiger partial charge in [-0.3, -0.25) is 0 Å². The summed E-state index contributed by atoms with van der Waals surface area (Å²) in [6.07, 6.45) is 6.13. The van der Waals surface area contributed by atoms with Gasteiger partial charge in [0.2, 0.25) is 0 Å². The second-order valence-corrected chi connectivity index (χ2v) is 6.51. The summed E-state index contributed by atoms with van der Waals surface area (Å²) in [5.74, 6) is 1.06. The van der Waals surface area contributed by atoms with Crippen LogP contribution in [0.5, 0.6) is 0 Å².